The molecular formula is C18H31ClN2. The van der Waals surface area contributed by atoms with Gasteiger partial charge in [-0.1, -0.05) is 51.3 Å². The lowest BCUT2D eigenvalue weighted by Crippen LogP contribution is -2.26. The third-order valence-corrected chi connectivity index (χ3v) is 3.97. The average molecular weight is 311 g/mol. The summed E-state index contributed by atoms with van der Waals surface area (Å²) < 4.78 is 0. The summed E-state index contributed by atoms with van der Waals surface area (Å²) in [5.74, 6) is 0. The zero-order valence-corrected chi connectivity index (χ0v) is 14.7. The van der Waals surface area contributed by atoms with Crippen molar-refractivity contribution < 1.29 is 0 Å². The maximum absolute atomic E-state index is 6.53. The highest BCUT2D eigenvalue weighted by Gasteiger charge is 2.10. The van der Waals surface area contributed by atoms with Gasteiger partial charge in [0, 0.05) is 19.6 Å². The Bertz CT molecular complexity index is 385. The van der Waals surface area contributed by atoms with Crippen molar-refractivity contribution in [2.75, 3.05) is 24.5 Å². The minimum absolute atomic E-state index is 0.887. The molecule has 1 aromatic carbocycles. The van der Waals surface area contributed by atoms with Crippen molar-refractivity contribution in [2.24, 2.45) is 0 Å². The third kappa shape index (κ3) is 6.71. The minimum Gasteiger partial charge on any atom is -0.370 e. The monoisotopic (exact) mass is 310 g/mol. The van der Waals surface area contributed by atoms with Gasteiger partial charge in [0.1, 0.15) is 0 Å². The summed E-state index contributed by atoms with van der Waals surface area (Å²) in [5.41, 5.74) is 2.46. The van der Waals surface area contributed by atoms with Crippen LogP contribution in [0.25, 0.3) is 0 Å². The molecule has 21 heavy (non-hydrogen) atoms. The van der Waals surface area contributed by atoms with Crippen LogP contribution in [0.2, 0.25) is 5.02 Å². The molecule has 0 aliphatic heterocycles. The van der Waals surface area contributed by atoms with Gasteiger partial charge in [0.15, 0.2) is 0 Å². The molecular weight excluding hydrogens is 280 g/mol. The minimum atomic E-state index is 0.887. The maximum atomic E-state index is 6.53. The quantitative estimate of drug-likeness (QED) is 0.562. The van der Waals surface area contributed by atoms with Gasteiger partial charge in [0.2, 0.25) is 0 Å². The number of rotatable bonds is 11. The molecule has 0 bridgehead atoms. The predicted octanol–water partition coefficient (Wildman–Crippen LogP) is 5.25. The van der Waals surface area contributed by atoms with Gasteiger partial charge in [0.25, 0.3) is 0 Å². The number of halogens is 1. The number of benzene rings is 1. The van der Waals surface area contributed by atoms with Crippen LogP contribution in [-0.4, -0.2) is 19.6 Å². The van der Waals surface area contributed by atoms with Crippen molar-refractivity contribution in [3.63, 3.8) is 0 Å². The van der Waals surface area contributed by atoms with E-state index in [4.69, 9.17) is 11.6 Å². The second-order valence-corrected chi connectivity index (χ2v) is 6.06. The highest BCUT2D eigenvalue weighted by atomic mass is 35.5. The van der Waals surface area contributed by atoms with Gasteiger partial charge in [0.05, 0.1) is 10.7 Å². The normalized spacial score (nSPS) is 10.9. The predicted molar refractivity (Wildman–Crippen MR) is 95.5 cm³/mol. The number of anilines is 1. The lowest BCUT2D eigenvalue weighted by atomic mass is 10.1. The first-order valence-corrected chi connectivity index (χ1v) is 8.84. The Kier molecular flexibility index (Phi) is 9.53. The molecule has 0 aromatic heterocycles. The fourth-order valence-corrected chi connectivity index (χ4v) is 2.70. The van der Waals surface area contributed by atoms with E-state index in [2.05, 4.69) is 49.2 Å². The van der Waals surface area contributed by atoms with E-state index in [1.54, 1.807) is 0 Å². The van der Waals surface area contributed by atoms with Gasteiger partial charge in [-0.15, -0.1) is 0 Å². The van der Waals surface area contributed by atoms with Crippen molar-refractivity contribution in [2.45, 2.75) is 59.4 Å². The lowest BCUT2D eigenvalue weighted by molar-refractivity contribution is 0.672. The fourth-order valence-electron chi connectivity index (χ4n) is 2.38. The van der Waals surface area contributed by atoms with E-state index in [-0.39, 0.29) is 0 Å². The lowest BCUT2D eigenvalue weighted by Gasteiger charge is -2.26. The molecule has 120 valence electrons. The molecule has 1 N–H and O–H groups in total. The Morgan fingerprint density at radius 1 is 1.00 bits per heavy atom. The van der Waals surface area contributed by atoms with Gasteiger partial charge < -0.3 is 10.2 Å². The van der Waals surface area contributed by atoms with Crippen LogP contribution in [0.15, 0.2) is 18.2 Å². The molecule has 2 nitrogen and oxygen atoms in total. The fraction of sp³-hybridized carbons (Fsp3) is 0.667. The number of hydrogen-bond donors (Lipinski definition) is 1. The first kappa shape index (κ1) is 18.3. The van der Waals surface area contributed by atoms with E-state index in [1.807, 2.05) is 0 Å². The second kappa shape index (κ2) is 10.9. The molecule has 0 fully saturated rings. The van der Waals surface area contributed by atoms with Crippen LogP contribution in [0.1, 0.15) is 58.4 Å². The molecule has 0 amide bonds. The summed E-state index contributed by atoms with van der Waals surface area (Å²) in [6.07, 6.45) is 6.05. The van der Waals surface area contributed by atoms with E-state index in [1.165, 1.54) is 36.9 Å². The van der Waals surface area contributed by atoms with E-state index in [0.29, 0.717) is 0 Å². The Balaban J connectivity index is 2.73. The van der Waals surface area contributed by atoms with Crippen LogP contribution in [-0.2, 0) is 6.54 Å². The van der Waals surface area contributed by atoms with Gasteiger partial charge in [-0.3, -0.25) is 0 Å². The summed E-state index contributed by atoms with van der Waals surface area (Å²) in [5, 5.41) is 4.31. The molecule has 1 aromatic rings. The van der Waals surface area contributed by atoms with Gasteiger partial charge in [-0.2, -0.15) is 0 Å². The van der Waals surface area contributed by atoms with Crippen molar-refractivity contribution in [3.8, 4) is 0 Å². The molecule has 0 aliphatic carbocycles. The molecule has 1 rings (SSSR count). The van der Waals surface area contributed by atoms with Crippen molar-refractivity contribution in [3.05, 3.63) is 28.8 Å². The van der Waals surface area contributed by atoms with Crippen LogP contribution >= 0.6 is 11.6 Å². The van der Waals surface area contributed by atoms with Crippen molar-refractivity contribution >= 4 is 17.3 Å². The van der Waals surface area contributed by atoms with E-state index in [0.717, 1.165) is 37.6 Å². The van der Waals surface area contributed by atoms with E-state index >= 15 is 0 Å². The first-order chi connectivity index (χ1) is 10.2. The highest BCUT2D eigenvalue weighted by Crippen LogP contribution is 2.27. The van der Waals surface area contributed by atoms with E-state index in [9.17, 15) is 0 Å². The summed E-state index contributed by atoms with van der Waals surface area (Å²) >= 11 is 6.53. The largest absolute Gasteiger partial charge is 0.370 e. The van der Waals surface area contributed by atoms with Crippen molar-refractivity contribution in [1.29, 1.82) is 0 Å². The number of nitrogens with one attached hydrogen (secondary N) is 1. The van der Waals surface area contributed by atoms with E-state index < -0.39 is 0 Å². The maximum Gasteiger partial charge on any atom is 0.0642 e. The SMILES string of the molecule is CCCCN(CCCC)c1ccc(CNCCC)cc1Cl. The van der Waals surface area contributed by atoms with Crippen LogP contribution in [0.5, 0.6) is 0 Å². The zero-order valence-electron chi connectivity index (χ0n) is 13.9. The number of nitrogens with zero attached hydrogens (tertiary/aromatic N) is 1. The molecule has 0 spiro atoms. The summed E-state index contributed by atoms with van der Waals surface area (Å²) in [4.78, 5) is 2.44. The Morgan fingerprint density at radius 2 is 1.67 bits per heavy atom. The molecule has 0 aliphatic rings. The molecule has 0 unspecified atom stereocenters. The topological polar surface area (TPSA) is 15.3 Å². The van der Waals surface area contributed by atoms with Crippen LogP contribution in [0, 0.1) is 0 Å². The van der Waals surface area contributed by atoms with Crippen LogP contribution in [0.4, 0.5) is 5.69 Å². The number of hydrogen-bond acceptors (Lipinski definition) is 2. The summed E-state index contributed by atoms with van der Waals surface area (Å²) in [7, 11) is 0. The average Bonchev–Trinajstić information content (AvgIpc) is 2.49. The summed E-state index contributed by atoms with van der Waals surface area (Å²) in [6.45, 7) is 10.8. The molecule has 0 atom stereocenters. The highest BCUT2D eigenvalue weighted by molar-refractivity contribution is 6.33. The standard InChI is InChI=1S/C18H31ClN2/c1-4-7-12-21(13-8-5-2)18-10-9-16(14-17(18)19)15-20-11-6-3/h9-10,14,20H,4-8,11-13,15H2,1-3H3. The van der Waals surface area contributed by atoms with Crippen molar-refractivity contribution in [1.82, 2.24) is 5.32 Å². The molecule has 3 heteroatoms. The van der Waals surface area contributed by atoms with Crippen LogP contribution < -0.4 is 10.2 Å². The number of unbranched alkanes of at least 4 members (excludes halogenated alkanes) is 2. The summed E-state index contributed by atoms with van der Waals surface area (Å²) in [6, 6.07) is 6.51. The Labute approximate surface area is 135 Å². The molecule has 0 saturated carbocycles. The second-order valence-electron chi connectivity index (χ2n) is 5.66. The van der Waals surface area contributed by atoms with Gasteiger partial charge in [-0.25, -0.2) is 0 Å². The zero-order chi connectivity index (χ0) is 15.5. The molecule has 0 radical (unpaired) electrons. The third-order valence-electron chi connectivity index (χ3n) is 3.67. The van der Waals surface area contributed by atoms with Gasteiger partial charge >= 0.3 is 0 Å². The smallest absolute Gasteiger partial charge is 0.0642 e. The van der Waals surface area contributed by atoms with Gasteiger partial charge in [-0.05, 0) is 43.5 Å². The Hall–Kier alpha value is -0.730. The van der Waals surface area contributed by atoms with Crippen LogP contribution in [0.3, 0.4) is 0 Å². The molecule has 0 saturated heterocycles. The Morgan fingerprint density at radius 3 is 2.19 bits per heavy atom. The first-order valence-electron chi connectivity index (χ1n) is 8.47. The molecule has 0 heterocycles.